The first kappa shape index (κ1) is 12.6. The van der Waals surface area contributed by atoms with Crippen molar-refractivity contribution in [1.29, 1.82) is 0 Å². The second kappa shape index (κ2) is 5.22. The first-order valence-electron chi connectivity index (χ1n) is 5.10. The zero-order valence-corrected chi connectivity index (χ0v) is 11.0. The number of nitrogens with zero attached hydrogens (tertiary/aromatic N) is 2. The highest BCUT2D eigenvalue weighted by Gasteiger charge is 2.08. The molecular formula is C12H9BrFN3O. The molecule has 6 heteroatoms. The summed E-state index contributed by atoms with van der Waals surface area (Å²) in [6, 6.07) is 2.89. The summed E-state index contributed by atoms with van der Waals surface area (Å²) in [5.41, 5.74) is 1.60. The second-order valence-corrected chi connectivity index (χ2v) is 4.43. The fraction of sp³-hybridized carbons (Fsp3) is 0.0833. The topological polar surface area (TPSA) is 54.9 Å². The minimum absolute atomic E-state index is 0.163. The van der Waals surface area contributed by atoms with Crippen LogP contribution in [0.1, 0.15) is 15.9 Å². The van der Waals surface area contributed by atoms with Crippen molar-refractivity contribution in [2.45, 2.75) is 6.92 Å². The fourth-order valence-electron chi connectivity index (χ4n) is 1.37. The molecule has 0 spiro atoms. The summed E-state index contributed by atoms with van der Waals surface area (Å²) in [5, 5.41) is 2.62. The minimum atomic E-state index is -0.548. The first-order chi connectivity index (χ1) is 8.56. The maximum Gasteiger partial charge on any atom is 0.257 e. The van der Waals surface area contributed by atoms with Crippen LogP contribution in [0.2, 0.25) is 0 Å². The summed E-state index contributed by atoms with van der Waals surface area (Å²) in [6.45, 7) is 1.86. The highest BCUT2D eigenvalue weighted by atomic mass is 79.9. The predicted molar refractivity (Wildman–Crippen MR) is 68.8 cm³/mol. The molecule has 2 aromatic rings. The molecule has 0 radical (unpaired) electrons. The zero-order chi connectivity index (χ0) is 13.1. The van der Waals surface area contributed by atoms with E-state index in [4.69, 9.17) is 0 Å². The van der Waals surface area contributed by atoms with Crippen molar-refractivity contribution >= 4 is 27.5 Å². The monoisotopic (exact) mass is 309 g/mol. The average molecular weight is 310 g/mol. The van der Waals surface area contributed by atoms with Crippen LogP contribution in [-0.4, -0.2) is 15.9 Å². The quantitative estimate of drug-likeness (QED) is 0.868. The number of carbonyl (C=O) groups excluding carboxylic acids is 1. The van der Waals surface area contributed by atoms with Crippen molar-refractivity contribution < 1.29 is 9.18 Å². The van der Waals surface area contributed by atoms with Crippen LogP contribution in [0, 0.1) is 12.7 Å². The summed E-state index contributed by atoms with van der Waals surface area (Å²) in [5.74, 6) is -0.974. The van der Waals surface area contributed by atoms with Gasteiger partial charge in [-0.2, -0.15) is 0 Å². The molecule has 1 N–H and O–H groups in total. The smallest absolute Gasteiger partial charge is 0.257 e. The highest BCUT2D eigenvalue weighted by molar-refractivity contribution is 9.10. The Morgan fingerprint density at radius 2 is 2.11 bits per heavy atom. The van der Waals surface area contributed by atoms with E-state index in [0.717, 1.165) is 17.8 Å². The number of amides is 1. The molecule has 2 aromatic heterocycles. The number of aryl methyl sites for hydroxylation is 1. The average Bonchev–Trinajstić information content (AvgIpc) is 2.34. The van der Waals surface area contributed by atoms with Crippen molar-refractivity contribution in [3.63, 3.8) is 0 Å². The molecule has 4 nitrogen and oxygen atoms in total. The summed E-state index contributed by atoms with van der Waals surface area (Å²) in [4.78, 5) is 19.5. The molecule has 0 bridgehead atoms. The second-order valence-electron chi connectivity index (χ2n) is 3.68. The number of hydrogen-bond donors (Lipinski definition) is 1. The number of nitrogens with one attached hydrogen (secondary N) is 1. The van der Waals surface area contributed by atoms with Gasteiger partial charge < -0.3 is 5.32 Å². The van der Waals surface area contributed by atoms with E-state index in [2.05, 4.69) is 31.2 Å². The lowest BCUT2D eigenvalue weighted by Crippen LogP contribution is -2.12. The van der Waals surface area contributed by atoms with Crippen LogP contribution in [0.3, 0.4) is 0 Å². The Bertz CT molecular complexity index is 604. The fourth-order valence-corrected chi connectivity index (χ4v) is 1.58. The molecule has 0 aliphatic heterocycles. The van der Waals surface area contributed by atoms with Crippen molar-refractivity contribution in [2.24, 2.45) is 0 Å². The number of rotatable bonds is 2. The Hall–Kier alpha value is -1.82. The molecule has 18 heavy (non-hydrogen) atoms. The molecular weight excluding hydrogens is 301 g/mol. The van der Waals surface area contributed by atoms with Crippen molar-refractivity contribution in [1.82, 2.24) is 9.97 Å². The van der Waals surface area contributed by atoms with Crippen LogP contribution in [0.5, 0.6) is 0 Å². The molecule has 0 unspecified atom stereocenters. The van der Waals surface area contributed by atoms with Crippen LogP contribution in [0.25, 0.3) is 0 Å². The SMILES string of the molecule is Cc1cc(NC(=O)c2cncc(F)c2)cnc1Br. The van der Waals surface area contributed by atoms with Gasteiger partial charge in [0.05, 0.1) is 23.6 Å². The normalized spacial score (nSPS) is 10.2. The van der Waals surface area contributed by atoms with Gasteiger partial charge >= 0.3 is 0 Å². The lowest BCUT2D eigenvalue weighted by molar-refractivity contribution is 0.102. The van der Waals surface area contributed by atoms with Gasteiger partial charge in [-0.05, 0) is 40.5 Å². The molecule has 0 aromatic carbocycles. The number of pyridine rings is 2. The van der Waals surface area contributed by atoms with Crippen LogP contribution in [0.15, 0.2) is 35.3 Å². The van der Waals surface area contributed by atoms with Gasteiger partial charge in [-0.15, -0.1) is 0 Å². The lowest BCUT2D eigenvalue weighted by Gasteiger charge is -2.06. The van der Waals surface area contributed by atoms with Crippen molar-refractivity contribution in [2.75, 3.05) is 5.32 Å². The maximum atomic E-state index is 12.9. The van der Waals surface area contributed by atoms with Gasteiger partial charge in [-0.25, -0.2) is 9.37 Å². The van der Waals surface area contributed by atoms with E-state index in [1.165, 1.54) is 12.4 Å². The number of carbonyl (C=O) groups is 1. The predicted octanol–water partition coefficient (Wildman–Crippen LogP) is 2.94. The molecule has 0 aliphatic carbocycles. The number of hydrogen-bond acceptors (Lipinski definition) is 3. The summed E-state index contributed by atoms with van der Waals surface area (Å²) >= 11 is 3.27. The molecule has 2 heterocycles. The summed E-state index contributed by atoms with van der Waals surface area (Å²) in [6.07, 6.45) is 3.86. The van der Waals surface area contributed by atoms with Gasteiger partial charge in [0, 0.05) is 6.20 Å². The highest BCUT2D eigenvalue weighted by Crippen LogP contribution is 2.17. The standard InChI is InChI=1S/C12H9BrFN3O/c1-7-2-10(6-16-11(7)13)17-12(18)8-3-9(14)5-15-4-8/h2-6H,1H3,(H,17,18). The maximum absolute atomic E-state index is 12.9. The summed E-state index contributed by atoms with van der Waals surface area (Å²) < 4.78 is 13.6. The number of halogens is 2. The number of aromatic nitrogens is 2. The van der Waals surface area contributed by atoms with E-state index in [-0.39, 0.29) is 5.56 Å². The van der Waals surface area contributed by atoms with E-state index >= 15 is 0 Å². The van der Waals surface area contributed by atoms with Gasteiger partial charge in [-0.3, -0.25) is 9.78 Å². The largest absolute Gasteiger partial charge is 0.321 e. The third-order valence-electron chi connectivity index (χ3n) is 2.24. The van der Waals surface area contributed by atoms with E-state index in [1.54, 1.807) is 6.07 Å². The van der Waals surface area contributed by atoms with E-state index < -0.39 is 11.7 Å². The third-order valence-corrected chi connectivity index (χ3v) is 3.07. The lowest BCUT2D eigenvalue weighted by atomic mass is 10.2. The molecule has 0 fully saturated rings. The molecule has 1 amide bonds. The van der Waals surface area contributed by atoms with Gasteiger partial charge in [0.25, 0.3) is 5.91 Å². The number of anilines is 1. The van der Waals surface area contributed by atoms with Crippen LogP contribution >= 0.6 is 15.9 Å². The van der Waals surface area contributed by atoms with Crippen molar-refractivity contribution in [3.05, 3.63) is 52.3 Å². The summed E-state index contributed by atoms with van der Waals surface area (Å²) in [7, 11) is 0. The Balaban J connectivity index is 2.18. The first-order valence-corrected chi connectivity index (χ1v) is 5.89. The van der Waals surface area contributed by atoms with Gasteiger partial charge in [0.2, 0.25) is 0 Å². The van der Waals surface area contributed by atoms with Crippen LogP contribution < -0.4 is 5.32 Å². The Morgan fingerprint density at radius 3 is 2.78 bits per heavy atom. The molecule has 0 saturated heterocycles. The molecule has 0 aliphatic rings. The van der Waals surface area contributed by atoms with E-state index in [0.29, 0.717) is 10.3 Å². The van der Waals surface area contributed by atoms with E-state index in [9.17, 15) is 9.18 Å². The van der Waals surface area contributed by atoms with Gasteiger partial charge in [0.15, 0.2) is 0 Å². The Morgan fingerprint density at radius 1 is 1.33 bits per heavy atom. The molecule has 92 valence electrons. The molecule has 2 rings (SSSR count). The molecule has 0 atom stereocenters. The van der Waals surface area contributed by atoms with E-state index in [1.807, 2.05) is 6.92 Å². The van der Waals surface area contributed by atoms with Gasteiger partial charge in [0.1, 0.15) is 10.4 Å². The Labute approximate surface area is 111 Å². The van der Waals surface area contributed by atoms with Crippen LogP contribution in [0.4, 0.5) is 10.1 Å². The van der Waals surface area contributed by atoms with Gasteiger partial charge in [-0.1, -0.05) is 0 Å². The Kier molecular flexibility index (Phi) is 3.66. The zero-order valence-electron chi connectivity index (χ0n) is 9.45. The molecule has 0 saturated carbocycles. The van der Waals surface area contributed by atoms with Crippen molar-refractivity contribution in [3.8, 4) is 0 Å². The minimum Gasteiger partial charge on any atom is -0.321 e. The van der Waals surface area contributed by atoms with Crippen LogP contribution in [-0.2, 0) is 0 Å². The third kappa shape index (κ3) is 2.89.